The molecule has 0 fully saturated rings. The van der Waals surface area contributed by atoms with E-state index in [1.807, 2.05) is 30.3 Å². The van der Waals surface area contributed by atoms with Gasteiger partial charge in [-0.1, -0.05) is 71.8 Å². The molecule has 1 N–H and O–H groups in total. The van der Waals surface area contributed by atoms with Gasteiger partial charge in [0.2, 0.25) is 0 Å². The van der Waals surface area contributed by atoms with Crippen LogP contribution in [0.15, 0.2) is 66.7 Å². The average Bonchev–Trinajstić information content (AvgIpc) is 2.50. The van der Waals surface area contributed by atoms with Gasteiger partial charge in [0.05, 0.1) is 5.56 Å². The number of aryl methyl sites for hydroxylation is 2. The van der Waals surface area contributed by atoms with Crippen molar-refractivity contribution in [2.75, 3.05) is 0 Å². The smallest absolute Gasteiger partial charge is 1.00 e. The number of aromatic carboxylic acids is 1. The Kier molecular flexibility index (Phi) is 7.33. The van der Waals surface area contributed by atoms with Crippen molar-refractivity contribution in [2.24, 2.45) is 0 Å². The second kappa shape index (κ2) is 8.74. The summed E-state index contributed by atoms with van der Waals surface area (Å²) in [6, 6.07) is 21.2. The molecule has 3 aromatic rings. The average molecular weight is 302 g/mol. The number of hydrogen-bond acceptors (Lipinski definition) is 1. The zero-order valence-corrected chi connectivity index (χ0v) is 15.2. The first-order valence-corrected chi connectivity index (χ1v) is 6.82. The van der Waals surface area contributed by atoms with E-state index in [-0.39, 0.29) is 31.0 Å². The van der Waals surface area contributed by atoms with Gasteiger partial charge in [0.1, 0.15) is 0 Å². The minimum Gasteiger partial charge on any atom is -1.00 e. The van der Waals surface area contributed by atoms with E-state index in [0.29, 0.717) is 5.56 Å². The SMILES string of the molecule is Cc1ccc(C)cc1.O=C(O)c1cccc2ccccc12.[H-].[Na+]. The zero-order valence-electron chi connectivity index (χ0n) is 14.2. The molecule has 3 rings (SSSR count). The Labute approximate surface area is 154 Å². The summed E-state index contributed by atoms with van der Waals surface area (Å²) < 4.78 is 0. The van der Waals surface area contributed by atoms with E-state index in [2.05, 4.69) is 38.1 Å². The molecule has 2 nitrogen and oxygen atoms in total. The van der Waals surface area contributed by atoms with E-state index in [1.165, 1.54) is 11.1 Å². The van der Waals surface area contributed by atoms with E-state index < -0.39 is 5.97 Å². The Morgan fingerprint density at radius 2 is 1.32 bits per heavy atom. The molecule has 0 saturated heterocycles. The van der Waals surface area contributed by atoms with Crippen molar-refractivity contribution in [3.05, 3.63) is 83.4 Å². The number of fused-ring (bicyclic) bond motifs is 1. The van der Waals surface area contributed by atoms with Gasteiger partial charge in [-0.2, -0.15) is 0 Å². The summed E-state index contributed by atoms with van der Waals surface area (Å²) in [7, 11) is 0. The van der Waals surface area contributed by atoms with Crippen LogP contribution < -0.4 is 29.6 Å². The van der Waals surface area contributed by atoms with Crippen LogP contribution in [0.5, 0.6) is 0 Å². The van der Waals surface area contributed by atoms with Gasteiger partial charge in [-0.3, -0.25) is 0 Å². The molecule has 0 spiro atoms. The number of carboxylic acid groups (broad SMARTS) is 1. The van der Waals surface area contributed by atoms with Crippen LogP contribution in [0.4, 0.5) is 0 Å². The van der Waals surface area contributed by atoms with Crippen LogP contribution in [-0.4, -0.2) is 11.1 Å². The molecule has 0 saturated carbocycles. The molecule has 0 bridgehead atoms. The maximum Gasteiger partial charge on any atom is 1.00 e. The van der Waals surface area contributed by atoms with E-state index in [0.717, 1.165) is 10.8 Å². The van der Waals surface area contributed by atoms with Crippen LogP contribution in [0, 0.1) is 13.8 Å². The minimum absolute atomic E-state index is 0. The summed E-state index contributed by atoms with van der Waals surface area (Å²) in [5, 5.41) is 10.6. The van der Waals surface area contributed by atoms with Gasteiger partial charge in [-0.05, 0) is 30.7 Å². The fourth-order valence-electron chi connectivity index (χ4n) is 2.05. The Balaban J connectivity index is 0.000000425. The van der Waals surface area contributed by atoms with Crippen LogP contribution >= 0.6 is 0 Å². The van der Waals surface area contributed by atoms with Crippen LogP contribution in [0.25, 0.3) is 10.8 Å². The second-order valence-electron chi connectivity index (χ2n) is 4.99. The Hall–Kier alpha value is -1.61. The second-order valence-corrected chi connectivity index (χ2v) is 4.99. The van der Waals surface area contributed by atoms with E-state index in [9.17, 15) is 4.79 Å². The molecule has 22 heavy (non-hydrogen) atoms. The normalized spacial score (nSPS) is 9.36. The number of benzene rings is 3. The maximum absolute atomic E-state index is 10.8. The van der Waals surface area contributed by atoms with Gasteiger partial charge in [0, 0.05) is 0 Å². The Morgan fingerprint density at radius 1 is 0.818 bits per heavy atom. The number of hydrogen-bond donors (Lipinski definition) is 1. The summed E-state index contributed by atoms with van der Waals surface area (Å²) in [4.78, 5) is 10.8. The van der Waals surface area contributed by atoms with Crippen molar-refractivity contribution in [3.8, 4) is 0 Å². The fraction of sp³-hybridized carbons (Fsp3) is 0.105. The standard InChI is InChI=1S/C11H8O2.C8H10.Na.H/c12-11(13)10-7-3-5-8-4-1-2-6-9(8)10;1-7-3-5-8(2)6-4-7;;/h1-7H,(H,12,13);3-6H,1-2H3;;/q;;+1;-1. The topological polar surface area (TPSA) is 37.3 Å². The van der Waals surface area contributed by atoms with E-state index in [1.54, 1.807) is 12.1 Å². The minimum atomic E-state index is -0.878. The van der Waals surface area contributed by atoms with E-state index in [4.69, 9.17) is 5.11 Å². The summed E-state index contributed by atoms with van der Waals surface area (Å²) in [6.45, 7) is 4.19. The molecule has 0 atom stereocenters. The summed E-state index contributed by atoms with van der Waals surface area (Å²) in [5.74, 6) is -0.878. The van der Waals surface area contributed by atoms with Crippen molar-refractivity contribution >= 4 is 16.7 Å². The van der Waals surface area contributed by atoms with Crippen molar-refractivity contribution in [1.82, 2.24) is 0 Å². The first kappa shape index (κ1) is 18.4. The molecule has 0 aliphatic heterocycles. The molecule has 0 radical (unpaired) electrons. The number of carboxylic acids is 1. The zero-order chi connectivity index (χ0) is 15.2. The Bertz CT molecular complexity index is 728. The molecular weight excluding hydrogens is 283 g/mol. The third-order valence-electron chi connectivity index (χ3n) is 3.24. The summed E-state index contributed by atoms with van der Waals surface area (Å²) in [6.07, 6.45) is 0. The molecule has 0 aromatic heterocycles. The van der Waals surface area contributed by atoms with Crippen molar-refractivity contribution in [2.45, 2.75) is 13.8 Å². The van der Waals surface area contributed by atoms with Gasteiger partial charge in [-0.15, -0.1) is 0 Å². The fourth-order valence-corrected chi connectivity index (χ4v) is 2.05. The van der Waals surface area contributed by atoms with Crippen LogP contribution in [-0.2, 0) is 0 Å². The summed E-state index contributed by atoms with van der Waals surface area (Å²) >= 11 is 0. The van der Waals surface area contributed by atoms with Gasteiger partial charge in [0.25, 0.3) is 0 Å². The quantitative estimate of drug-likeness (QED) is 0.698. The molecule has 0 aliphatic carbocycles. The predicted octanol–water partition coefficient (Wildman–Crippen LogP) is 1.96. The summed E-state index contributed by atoms with van der Waals surface area (Å²) in [5.41, 5.74) is 3.02. The molecule has 0 unspecified atom stereocenters. The van der Waals surface area contributed by atoms with Crippen LogP contribution in [0.2, 0.25) is 0 Å². The first-order valence-electron chi connectivity index (χ1n) is 6.82. The van der Waals surface area contributed by atoms with E-state index >= 15 is 0 Å². The first-order chi connectivity index (χ1) is 10.1. The Morgan fingerprint density at radius 3 is 1.86 bits per heavy atom. The third kappa shape index (κ3) is 4.99. The van der Waals surface area contributed by atoms with Gasteiger partial charge < -0.3 is 6.53 Å². The van der Waals surface area contributed by atoms with Crippen molar-refractivity contribution in [1.29, 1.82) is 0 Å². The van der Waals surface area contributed by atoms with Crippen LogP contribution in [0.3, 0.4) is 0 Å². The molecule has 0 heterocycles. The van der Waals surface area contributed by atoms with Crippen molar-refractivity contribution in [3.63, 3.8) is 0 Å². The molecule has 0 amide bonds. The van der Waals surface area contributed by atoms with Crippen molar-refractivity contribution < 1.29 is 40.9 Å². The molecular formula is C19H19NaO2. The number of rotatable bonds is 1. The molecule has 3 heteroatoms. The number of carbonyl (C=O) groups is 1. The molecule has 108 valence electrons. The van der Waals surface area contributed by atoms with Crippen LogP contribution in [0.1, 0.15) is 22.9 Å². The molecule has 3 aromatic carbocycles. The third-order valence-corrected chi connectivity index (χ3v) is 3.24. The van der Waals surface area contributed by atoms with Gasteiger partial charge in [-0.25, -0.2) is 4.79 Å². The molecule has 0 aliphatic rings. The monoisotopic (exact) mass is 302 g/mol. The van der Waals surface area contributed by atoms with Gasteiger partial charge in [0.15, 0.2) is 0 Å². The van der Waals surface area contributed by atoms with Gasteiger partial charge >= 0.3 is 35.5 Å². The predicted molar refractivity (Wildman–Crippen MR) is 87.9 cm³/mol. The largest absolute Gasteiger partial charge is 1.00 e. The maximum atomic E-state index is 10.8.